The maximum Gasteiger partial charge on any atom is 0.220 e. The first kappa shape index (κ1) is 95.3. The zero-order valence-corrected chi connectivity index (χ0v) is 74.5. The molecule has 4 N–H and O–H groups in total. The third-order valence-electron chi connectivity index (χ3n) is 25.7. The van der Waals surface area contributed by atoms with Crippen molar-refractivity contribution in [2.24, 2.45) is 9.98 Å². The minimum Gasteiger partial charge on any atom is -0.355 e. The lowest BCUT2D eigenvalue weighted by atomic mass is 10.0. The van der Waals surface area contributed by atoms with E-state index in [2.05, 4.69) is 176 Å². The number of carbonyl (C=O) groups excluding carboxylic acids is 2. The molecule has 0 aromatic carbocycles. The zero-order chi connectivity index (χ0) is 79.8. The van der Waals surface area contributed by atoms with E-state index >= 15 is 0 Å². The normalized spacial score (nSPS) is 20.7. The number of aliphatic imine (C=N–C) groups is 2. The van der Waals surface area contributed by atoms with Crippen molar-refractivity contribution in [3.63, 3.8) is 0 Å². The van der Waals surface area contributed by atoms with Crippen LogP contribution in [0.4, 0.5) is 0 Å². The second-order valence-corrected chi connectivity index (χ2v) is 34.9. The van der Waals surface area contributed by atoms with E-state index in [1.165, 1.54) is 278 Å². The van der Waals surface area contributed by atoms with Gasteiger partial charge in [-0.2, -0.15) is 0 Å². The summed E-state index contributed by atoms with van der Waals surface area (Å²) in [7, 11) is 14.0. The molecule has 2 aromatic heterocycles. The van der Waals surface area contributed by atoms with E-state index in [4.69, 9.17) is 9.98 Å². The average molecular weight is 1540 g/mol. The van der Waals surface area contributed by atoms with Crippen LogP contribution in [0.1, 0.15) is 319 Å². The Hall–Kier alpha value is -4.52. The van der Waals surface area contributed by atoms with Gasteiger partial charge in [-0.05, 0) is 327 Å². The summed E-state index contributed by atoms with van der Waals surface area (Å²) in [5.74, 6) is 0.257. The van der Waals surface area contributed by atoms with Gasteiger partial charge in [-0.3, -0.25) is 19.6 Å². The summed E-state index contributed by atoms with van der Waals surface area (Å²) in [5, 5.41) is 8.92. The van der Waals surface area contributed by atoms with Crippen LogP contribution >= 0.6 is 0 Å². The first-order chi connectivity index (χ1) is 53.9. The number of nitrogens with zero attached hydrogens (tertiary/aromatic N) is 10. The molecule has 2 aromatic rings. The number of hydrogen-bond acceptors (Lipinski definition) is 12. The van der Waals surface area contributed by atoms with Gasteiger partial charge in [0.05, 0.1) is 18.0 Å². The Labute approximate surface area is 680 Å². The minimum absolute atomic E-state index is 0.119. The van der Waals surface area contributed by atoms with E-state index in [1.807, 2.05) is 6.21 Å². The topological polar surface area (TPSA) is 140 Å². The van der Waals surface area contributed by atoms with Gasteiger partial charge in [0.25, 0.3) is 0 Å². The third-order valence-corrected chi connectivity index (χ3v) is 25.7. The first-order valence-electron chi connectivity index (χ1n) is 46.4. The number of unbranched alkanes of at least 4 members (excludes halogenated alkanes) is 20. The lowest BCUT2D eigenvalue weighted by Crippen LogP contribution is -2.40. The maximum absolute atomic E-state index is 13.7. The maximum atomic E-state index is 13.7. The van der Waals surface area contributed by atoms with Gasteiger partial charge in [0.1, 0.15) is 0 Å². The van der Waals surface area contributed by atoms with Gasteiger partial charge in [-0.25, -0.2) is 0 Å². The molecule has 0 aliphatic carbocycles. The molecular weight excluding hydrogens is 1370 g/mol. The summed E-state index contributed by atoms with van der Waals surface area (Å²) >= 11 is 0. The molecule has 2 amide bonds. The van der Waals surface area contributed by atoms with Crippen molar-refractivity contribution in [2.75, 3.05) is 167 Å². The summed E-state index contributed by atoms with van der Waals surface area (Å²) in [6, 6.07) is 1.19. The number of hydrogen-bond donors (Lipinski definition) is 4. The summed E-state index contributed by atoms with van der Waals surface area (Å²) < 4.78 is 0. The number of carbonyl (C=O) groups is 2. The highest BCUT2D eigenvalue weighted by atomic mass is 16.2. The highest BCUT2D eigenvalue weighted by molar-refractivity contribution is 6.21. The molecule has 6 heterocycles. The number of amides is 2. The van der Waals surface area contributed by atoms with E-state index in [-0.39, 0.29) is 11.8 Å². The second kappa shape index (κ2) is 56.7. The second-order valence-electron chi connectivity index (χ2n) is 34.9. The molecule has 4 aliphatic rings. The number of rotatable bonds is 41. The SMILES string of the molecule is CCCCCCCCCCCCCC1CCN(CCNC(=O)CCC2=C(C)/C(=C/c3[nH]c(/C=c4\[nH]/c(=C\C5=NCC(CCC(=O)NCCN6CCCN(C)CCCN(C)CCCCN(C)C(CCCCCCCCCCCCC)CC6)=C5C)c(CC)c4C)c(CC)c3C)N=C2)CCCN(C)CCCN(C)CCCCN1C. The number of H-pyrrole nitrogens is 2. The smallest absolute Gasteiger partial charge is 0.220 e. The Morgan fingerprint density at radius 3 is 1.32 bits per heavy atom. The van der Waals surface area contributed by atoms with E-state index in [0.717, 1.165) is 142 Å². The van der Waals surface area contributed by atoms with E-state index in [1.54, 1.807) is 0 Å². The van der Waals surface area contributed by atoms with Gasteiger partial charge in [0, 0.05) is 79.4 Å². The van der Waals surface area contributed by atoms with Crippen LogP contribution in [0.2, 0.25) is 0 Å². The molecule has 0 saturated carbocycles. The molecule has 111 heavy (non-hydrogen) atoms. The monoisotopic (exact) mass is 1540 g/mol. The number of allylic oxidation sites excluding steroid dienone is 3. The molecule has 2 atom stereocenters. The summed E-state index contributed by atoms with van der Waals surface area (Å²) in [6.07, 6.45) is 58.1. The Kier molecular flexibility index (Phi) is 48.7. The fourth-order valence-corrected chi connectivity index (χ4v) is 17.8. The predicted octanol–water partition coefficient (Wildman–Crippen LogP) is 17.3. The van der Waals surface area contributed by atoms with Crippen molar-refractivity contribution in [1.29, 1.82) is 0 Å². The molecule has 2 unspecified atom stereocenters. The first-order valence-corrected chi connectivity index (χ1v) is 46.4. The Morgan fingerprint density at radius 1 is 0.441 bits per heavy atom. The van der Waals surface area contributed by atoms with Crippen LogP contribution in [0.5, 0.6) is 0 Å². The van der Waals surface area contributed by atoms with Crippen LogP contribution in [0.25, 0.3) is 18.2 Å². The van der Waals surface area contributed by atoms with Gasteiger partial charge in [0.2, 0.25) is 11.8 Å². The molecule has 16 nitrogen and oxygen atoms in total. The van der Waals surface area contributed by atoms with Crippen molar-refractivity contribution < 1.29 is 9.59 Å². The fourth-order valence-electron chi connectivity index (χ4n) is 17.8. The predicted molar refractivity (Wildman–Crippen MR) is 480 cm³/mol. The van der Waals surface area contributed by atoms with Crippen molar-refractivity contribution in [2.45, 2.75) is 324 Å². The van der Waals surface area contributed by atoms with Crippen LogP contribution in [0, 0.1) is 13.8 Å². The lowest BCUT2D eigenvalue weighted by molar-refractivity contribution is -0.121. The molecular formula is C95H170N14O2. The molecule has 632 valence electrons. The molecule has 4 aliphatic heterocycles. The van der Waals surface area contributed by atoms with Gasteiger partial charge >= 0.3 is 0 Å². The number of aromatic nitrogens is 2. The Balaban J connectivity index is 1.01. The van der Waals surface area contributed by atoms with E-state index in [9.17, 15) is 9.59 Å². The van der Waals surface area contributed by atoms with Crippen LogP contribution in [0.15, 0.2) is 38.0 Å². The lowest BCUT2D eigenvalue weighted by Gasteiger charge is -2.31. The highest BCUT2D eigenvalue weighted by Gasteiger charge is 2.23. The summed E-state index contributed by atoms with van der Waals surface area (Å²) in [6.45, 7) is 37.6. The minimum atomic E-state index is 0.119. The summed E-state index contributed by atoms with van der Waals surface area (Å²) in [4.78, 5) is 65.9. The van der Waals surface area contributed by atoms with Crippen molar-refractivity contribution in [3.8, 4) is 0 Å². The molecule has 16 heteroatoms. The summed E-state index contributed by atoms with van der Waals surface area (Å²) in [5.41, 5.74) is 14.0. The van der Waals surface area contributed by atoms with Crippen LogP contribution in [-0.2, 0) is 22.4 Å². The zero-order valence-electron chi connectivity index (χ0n) is 74.5. The van der Waals surface area contributed by atoms with Gasteiger partial charge in [-0.15, -0.1) is 0 Å². The van der Waals surface area contributed by atoms with Crippen molar-refractivity contribution in [1.82, 2.24) is 59.8 Å². The van der Waals surface area contributed by atoms with Gasteiger partial charge < -0.3 is 59.8 Å². The average Bonchev–Trinajstić information content (AvgIpc) is 1.64. The quantitative estimate of drug-likeness (QED) is 0.0476. The largest absolute Gasteiger partial charge is 0.355 e. The Morgan fingerprint density at radius 2 is 0.865 bits per heavy atom. The molecule has 6 rings (SSSR count). The Bertz CT molecular complexity index is 3190. The van der Waals surface area contributed by atoms with Crippen LogP contribution in [-0.4, -0.2) is 252 Å². The highest BCUT2D eigenvalue weighted by Crippen LogP contribution is 2.30. The molecule has 2 fully saturated rings. The molecule has 2 saturated heterocycles. The van der Waals surface area contributed by atoms with Gasteiger partial charge in [-0.1, -0.05) is 169 Å². The molecule has 0 radical (unpaired) electrons. The number of nitrogens with one attached hydrogen (secondary N) is 4. The van der Waals surface area contributed by atoms with Gasteiger partial charge in [0.15, 0.2) is 0 Å². The van der Waals surface area contributed by atoms with E-state index in [0.29, 0.717) is 51.0 Å². The van der Waals surface area contributed by atoms with Crippen molar-refractivity contribution >= 4 is 42.0 Å². The number of aromatic amines is 2. The molecule has 0 spiro atoms. The van der Waals surface area contributed by atoms with E-state index < -0.39 is 0 Å². The standard InChI is InChI=1S/C95H170N14O2/c1-15-19-21-23-25-27-29-31-33-35-37-47-84-53-69-108(67-45-63-104(11)61-43-59-102(9)57-39-41-65-106(84)13)71-55-96-94(110)51-49-82-76-98-88(78(82)5)73-90-80(7)87(18-4)93(100-90)75-91-81(8)86(17-3)92(101-91)74-89-79(6)83(77-99-89)50-52-95(111)97-56-72-109-68-46-64-105(12)62-44-60-103(10)58-40-42-66-107(14)85(54-70-109)48-38-36-34-32-30-28-26-24-22-20-16-2/h73-76,84-85,100-101H,15-72,77H2,1-14H3,(H,96,110)(H,97,111)/b88-73-,91-75-,92-74-. The third kappa shape index (κ3) is 37.5. The van der Waals surface area contributed by atoms with Crippen LogP contribution in [0.3, 0.4) is 0 Å². The van der Waals surface area contributed by atoms with Crippen molar-refractivity contribution in [3.05, 3.63) is 72.3 Å². The molecule has 0 bridgehead atoms. The fraction of sp³-hybridized carbons (Fsp3) is 0.789. The van der Waals surface area contributed by atoms with Crippen LogP contribution < -0.4 is 21.3 Å².